The van der Waals surface area contributed by atoms with Crippen molar-refractivity contribution in [2.24, 2.45) is 5.73 Å². The van der Waals surface area contributed by atoms with E-state index in [9.17, 15) is 18.0 Å². The van der Waals surface area contributed by atoms with Crippen LogP contribution in [0.5, 0.6) is 0 Å². The summed E-state index contributed by atoms with van der Waals surface area (Å²) in [7, 11) is 0. The fourth-order valence-electron chi connectivity index (χ4n) is 1.30. The Bertz CT molecular complexity index is 434. The molecule has 17 heavy (non-hydrogen) atoms. The Labute approximate surface area is 100.0 Å². The van der Waals surface area contributed by atoms with Gasteiger partial charge >= 0.3 is 12.1 Å². The summed E-state index contributed by atoms with van der Waals surface area (Å²) in [4.78, 5) is 10.4. The van der Waals surface area contributed by atoms with Crippen molar-refractivity contribution in [2.75, 3.05) is 0 Å². The van der Waals surface area contributed by atoms with Gasteiger partial charge in [-0.25, -0.2) is 0 Å². The Hall–Kier alpha value is -1.27. The van der Waals surface area contributed by atoms with Crippen LogP contribution in [0.25, 0.3) is 0 Å². The lowest BCUT2D eigenvalue weighted by molar-refractivity contribution is -0.138. The molecule has 0 amide bonds. The molecule has 0 heterocycles. The van der Waals surface area contributed by atoms with E-state index >= 15 is 0 Å². The standard InChI is InChI=1S/C10H9ClF3NO2/c11-7-2-1-5(10(12,13)14)3-6(7)8(15)4-9(16)17/h1-3,8H,4,15H2,(H,16,17). The van der Waals surface area contributed by atoms with Crippen LogP contribution in [0.15, 0.2) is 18.2 Å². The van der Waals surface area contributed by atoms with Gasteiger partial charge in [-0.1, -0.05) is 11.6 Å². The molecule has 7 heteroatoms. The second kappa shape index (κ2) is 4.93. The van der Waals surface area contributed by atoms with Crippen molar-refractivity contribution in [2.45, 2.75) is 18.6 Å². The normalized spacial score (nSPS) is 13.5. The van der Waals surface area contributed by atoms with Crippen molar-refractivity contribution in [3.05, 3.63) is 34.3 Å². The number of hydrogen-bond donors (Lipinski definition) is 2. The first-order valence-electron chi connectivity index (χ1n) is 4.56. The highest BCUT2D eigenvalue weighted by Crippen LogP contribution is 2.33. The molecule has 1 unspecified atom stereocenters. The summed E-state index contributed by atoms with van der Waals surface area (Å²) < 4.78 is 37.3. The number of carbonyl (C=O) groups is 1. The zero-order chi connectivity index (χ0) is 13.2. The van der Waals surface area contributed by atoms with E-state index in [4.69, 9.17) is 22.4 Å². The van der Waals surface area contributed by atoms with E-state index in [2.05, 4.69) is 0 Å². The molecule has 0 saturated heterocycles. The SMILES string of the molecule is NC(CC(=O)O)c1cc(C(F)(F)F)ccc1Cl. The second-order valence-electron chi connectivity index (χ2n) is 3.44. The molecule has 1 atom stereocenters. The summed E-state index contributed by atoms with van der Waals surface area (Å²) in [5.74, 6) is -1.20. The summed E-state index contributed by atoms with van der Waals surface area (Å²) in [5.41, 5.74) is 4.55. The van der Waals surface area contributed by atoms with Gasteiger partial charge in [0.15, 0.2) is 0 Å². The highest BCUT2D eigenvalue weighted by Gasteiger charge is 2.31. The average molecular weight is 268 g/mol. The first-order chi connectivity index (χ1) is 7.71. The number of benzene rings is 1. The van der Waals surface area contributed by atoms with E-state index in [1.54, 1.807) is 0 Å². The van der Waals surface area contributed by atoms with Crippen LogP contribution >= 0.6 is 11.6 Å². The highest BCUT2D eigenvalue weighted by molar-refractivity contribution is 6.31. The van der Waals surface area contributed by atoms with Gasteiger partial charge in [0.2, 0.25) is 0 Å². The van der Waals surface area contributed by atoms with Crippen molar-refractivity contribution in [1.29, 1.82) is 0 Å². The molecule has 0 aliphatic rings. The Kier molecular flexibility index (Phi) is 4.00. The monoisotopic (exact) mass is 267 g/mol. The Morgan fingerprint density at radius 2 is 2.06 bits per heavy atom. The predicted octanol–water partition coefficient (Wildman–Crippen LogP) is 2.83. The molecule has 0 aromatic heterocycles. The van der Waals surface area contributed by atoms with Crippen LogP contribution in [0.3, 0.4) is 0 Å². The zero-order valence-electron chi connectivity index (χ0n) is 8.46. The molecule has 0 fully saturated rings. The van der Waals surface area contributed by atoms with Crippen LogP contribution in [0.2, 0.25) is 5.02 Å². The first kappa shape index (κ1) is 13.8. The van der Waals surface area contributed by atoms with Gasteiger partial charge < -0.3 is 10.8 Å². The molecular formula is C10H9ClF3NO2. The summed E-state index contributed by atoms with van der Waals surface area (Å²) >= 11 is 5.68. The summed E-state index contributed by atoms with van der Waals surface area (Å²) in [5, 5.41) is 8.54. The lowest BCUT2D eigenvalue weighted by atomic mass is 10.0. The molecule has 0 radical (unpaired) electrons. The maximum atomic E-state index is 12.4. The van der Waals surface area contributed by atoms with Crippen molar-refractivity contribution in [3.8, 4) is 0 Å². The Balaban J connectivity index is 3.10. The molecule has 94 valence electrons. The van der Waals surface area contributed by atoms with Gasteiger partial charge in [-0.2, -0.15) is 13.2 Å². The van der Waals surface area contributed by atoms with E-state index in [0.717, 1.165) is 18.2 Å². The van der Waals surface area contributed by atoms with Gasteiger partial charge in [0, 0.05) is 11.1 Å². The summed E-state index contributed by atoms with van der Waals surface area (Å²) in [6.07, 6.45) is -5.00. The largest absolute Gasteiger partial charge is 0.481 e. The third-order valence-electron chi connectivity index (χ3n) is 2.12. The molecule has 3 nitrogen and oxygen atoms in total. The van der Waals surface area contributed by atoms with E-state index < -0.39 is 30.2 Å². The van der Waals surface area contributed by atoms with Crippen molar-refractivity contribution < 1.29 is 23.1 Å². The van der Waals surface area contributed by atoms with Gasteiger partial charge in [-0.3, -0.25) is 4.79 Å². The van der Waals surface area contributed by atoms with Crippen LogP contribution in [0.4, 0.5) is 13.2 Å². The highest BCUT2D eigenvalue weighted by atomic mass is 35.5. The molecule has 0 spiro atoms. The van der Waals surface area contributed by atoms with Gasteiger partial charge in [-0.15, -0.1) is 0 Å². The molecule has 1 aromatic carbocycles. The van der Waals surface area contributed by atoms with Crippen LogP contribution in [0, 0.1) is 0 Å². The maximum absolute atomic E-state index is 12.4. The molecule has 1 aromatic rings. The number of carboxylic acid groups (broad SMARTS) is 1. The number of aliphatic carboxylic acids is 1. The number of alkyl halides is 3. The first-order valence-corrected chi connectivity index (χ1v) is 4.93. The average Bonchev–Trinajstić information content (AvgIpc) is 2.15. The molecule has 3 N–H and O–H groups in total. The third kappa shape index (κ3) is 3.61. The van der Waals surface area contributed by atoms with Crippen LogP contribution in [0.1, 0.15) is 23.6 Å². The zero-order valence-corrected chi connectivity index (χ0v) is 9.22. The van der Waals surface area contributed by atoms with Crippen LogP contribution < -0.4 is 5.73 Å². The van der Waals surface area contributed by atoms with Crippen molar-refractivity contribution >= 4 is 17.6 Å². The van der Waals surface area contributed by atoms with Crippen molar-refractivity contribution in [1.82, 2.24) is 0 Å². The van der Waals surface area contributed by atoms with Crippen molar-refractivity contribution in [3.63, 3.8) is 0 Å². The van der Waals surface area contributed by atoms with Gasteiger partial charge in [0.05, 0.1) is 12.0 Å². The number of halogens is 4. The van der Waals surface area contributed by atoms with E-state index in [0.29, 0.717) is 0 Å². The Morgan fingerprint density at radius 3 is 2.53 bits per heavy atom. The van der Waals surface area contributed by atoms with Gasteiger partial charge in [0.25, 0.3) is 0 Å². The summed E-state index contributed by atoms with van der Waals surface area (Å²) in [6, 6.07) is 1.58. The number of rotatable bonds is 3. The number of carboxylic acids is 1. The van der Waals surface area contributed by atoms with Crippen LogP contribution in [-0.4, -0.2) is 11.1 Å². The lowest BCUT2D eigenvalue weighted by Gasteiger charge is -2.14. The van der Waals surface area contributed by atoms with Crippen LogP contribution in [-0.2, 0) is 11.0 Å². The smallest absolute Gasteiger partial charge is 0.416 e. The fourth-order valence-corrected chi connectivity index (χ4v) is 1.56. The lowest BCUT2D eigenvalue weighted by Crippen LogP contribution is -2.16. The second-order valence-corrected chi connectivity index (χ2v) is 3.85. The third-order valence-corrected chi connectivity index (χ3v) is 2.46. The molecule has 1 rings (SSSR count). The molecule has 0 aliphatic carbocycles. The summed E-state index contributed by atoms with van der Waals surface area (Å²) in [6.45, 7) is 0. The topological polar surface area (TPSA) is 63.3 Å². The number of nitrogens with two attached hydrogens (primary N) is 1. The van der Waals surface area contributed by atoms with Gasteiger partial charge in [0.1, 0.15) is 0 Å². The molecule has 0 aliphatic heterocycles. The minimum atomic E-state index is -4.51. The number of hydrogen-bond acceptors (Lipinski definition) is 2. The minimum absolute atomic E-state index is 0.0201. The molecule has 0 bridgehead atoms. The predicted molar refractivity (Wildman–Crippen MR) is 55.6 cm³/mol. The van der Waals surface area contributed by atoms with Gasteiger partial charge in [-0.05, 0) is 23.8 Å². The quantitative estimate of drug-likeness (QED) is 0.885. The molecular weight excluding hydrogens is 259 g/mol. The van der Waals surface area contributed by atoms with E-state index in [1.807, 2.05) is 0 Å². The van der Waals surface area contributed by atoms with E-state index in [-0.39, 0.29) is 10.6 Å². The maximum Gasteiger partial charge on any atom is 0.416 e. The molecule has 0 saturated carbocycles. The fraction of sp³-hybridized carbons (Fsp3) is 0.300. The van der Waals surface area contributed by atoms with E-state index in [1.165, 1.54) is 0 Å². The Morgan fingerprint density at radius 1 is 1.47 bits per heavy atom. The minimum Gasteiger partial charge on any atom is -0.481 e.